The van der Waals surface area contributed by atoms with Crippen LogP contribution in [0.5, 0.6) is 0 Å². The van der Waals surface area contributed by atoms with E-state index >= 15 is 0 Å². The zero-order valence-electron chi connectivity index (χ0n) is 9.51. The normalized spacial score (nSPS) is 10.9. The number of benzene rings is 1. The third-order valence-corrected chi connectivity index (χ3v) is 2.83. The molecule has 1 aromatic rings. The summed E-state index contributed by atoms with van der Waals surface area (Å²) in [6, 6.07) is 9.23. The number of hydrogen-bond acceptors (Lipinski definition) is 1. The van der Waals surface area contributed by atoms with Gasteiger partial charge in [0.05, 0.1) is 0 Å². The minimum Gasteiger partial charge on any atom is -0.310 e. The van der Waals surface area contributed by atoms with Crippen LogP contribution < -0.4 is 5.32 Å². The fourth-order valence-corrected chi connectivity index (χ4v) is 1.64. The maximum absolute atomic E-state index is 3.58. The van der Waals surface area contributed by atoms with Crippen LogP contribution in [0.4, 0.5) is 0 Å². The first-order valence-electron chi connectivity index (χ1n) is 5.55. The molecule has 1 heteroatoms. The second-order valence-electron chi connectivity index (χ2n) is 3.82. The van der Waals surface area contributed by atoms with Gasteiger partial charge in [-0.25, -0.2) is 0 Å². The molecule has 0 unspecified atom stereocenters. The van der Waals surface area contributed by atoms with Crippen LogP contribution in [-0.2, 0) is 6.54 Å². The van der Waals surface area contributed by atoms with Crippen LogP contribution in [0.15, 0.2) is 24.3 Å². The Morgan fingerprint density at radius 2 is 1.79 bits per heavy atom. The molecule has 0 aliphatic rings. The Hall–Kier alpha value is -0.820. The molecule has 1 rings (SSSR count). The Morgan fingerprint density at radius 1 is 1.14 bits per heavy atom. The first-order chi connectivity index (χ1) is 6.77. The van der Waals surface area contributed by atoms with Crippen LogP contribution in [0.25, 0.3) is 0 Å². The predicted octanol–water partition coefficient (Wildman–Crippen LogP) is 3.27. The molecule has 0 aliphatic heterocycles. The molecule has 0 amide bonds. The first-order valence-corrected chi connectivity index (χ1v) is 5.55. The number of aryl methyl sites for hydroxylation is 1. The van der Waals surface area contributed by atoms with Crippen molar-refractivity contribution in [1.82, 2.24) is 5.32 Å². The Morgan fingerprint density at radius 3 is 2.36 bits per heavy atom. The van der Waals surface area contributed by atoms with Crippen LogP contribution in [0.1, 0.15) is 37.8 Å². The van der Waals surface area contributed by atoms with Gasteiger partial charge in [0.2, 0.25) is 0 Å². The number of hydrogen-bond donors (Lipinski definition) is 1. The molecule has 0 fully saturated rings. The molecule has 0 heterocycles. The molecule has 0 spiro atoms. The van der Waals surface area contributed by atoms with E-state index in [1.54, 1.807) is 0 Å². The molecule has 0 aromatic heterocycles. The lowest BCUT2D eigenvalue weighted by atomic mass is 10.1. The van der Waals surface area contributed by atoms with Crippen molar-refractivity contribution >= 4 is 0 Å². The highest BCUT2D eigenvalue weighted by molar-refractivity contribution is 5.25. The van der Waals surface area contributed by atoms with E-state index in [1.807, 2.05) is 0 Å². The van der Waals surface area contributed by atoms with E-state index in [1.165, 1.54) is 24.0 Å². The summed E-state index contributed by atoms with van der Waals surface area (Å²) >= 11 is 0. The van der Waals surface area contributed by atoms with Crippen molar-refractivity contribution in [2.75, 3.05) is 0 Å². The predicted molar refractivity (Wildman–Crippen MR) is 62.4 cm³/mol. The van der Waals surface area contributed by atoms with E-state index in [-0.39, 0.29) is 0 Å². The van der Waals surface area contributed by atoms with Gasteiger partial charge in [0.15, 0.2) is 0 Å². The molecule has 0 aliphatic carbocycles. The minimum absolute atomic E-state index is 0.662. The van der Waals surface area contributed by atoms with Crippen LogP contribution in [0, 0.1) is 6.92 Å². The second-order valence-corrected chi connectivity index (χ2v) is 3.82. The molecule has 1 nitrogen and oxygen atoms in total. The van der Waals surface area contributed by atoms with E-state index in [0.29, 0.717) is 6.04 Å². The van der Waals surface area contributed by atoms with E-state index in [4.69, 9.17) is 0 Å². The average molecular weight is 191 g/mol. The summed E-state index contributed by atoms with van der Waals surface area (Å²) in [5.41, 5.74) is 2.80. The highest BCUT2D eigenvalue weighted by atomic mass is 14.9. The average Bonchev–Trinajstić information content (AvgIpc) is 2.22. The molecule has 14 heavy (non-hydrogen) atoms. The number of nitrogens with one attached hydrogen (secondary N) is 1. The fraction of sp³-hybridized carbons (Fsp3) is 0.538. The van der Waals surface area contributed by atoms with Gasteiger partial charge in [-0.3, -0.25) is 0 Å². The van der Waals surface area contributed by atoms with Gasteiger partial charge in [0.1, 0.15) is 0 Å². The third-order valence-electron chi connectivity index (χ3n) is 2.83. The van der Waals surface area contributed by atoms with Gasteiger partial charge in [0, 0.05) is 12.6 Å². The standard InChI is InChI=1S/C13H21N/c1-4-13(5-2)14-10-12-9-7-6-8-11(12)3/h6-9,13-14H,4-5,10H2,1-3H3. The first kappa shape index (κ1) is 11.3. The maximum atomic E-state index is 3.58. The van der Waals surface area contributed by atoms with E-state index in [9.17, 15) is 0 Å². The monoisotopic (exact) mass is 191 g/mol. The molecule has 0 bridgehead atoms. The summed E-state index contributed by atoms with van der Waals surface area (Å²) in [6.45, 7) is 7.64. The molecule has 1 aromatic carbocycles. The van der Waals surface area contributed by atoms with Crippen LogP contribution in [0.2, 0.25) is 0 Å². The summed E-state index contributed by atoms with van der Waals surface area (Å²) in [5, 5.41) is 3.58. The lowest BCUT2D eigenvalue weighted by Gasteiger charge is -2.15. The Kier molecular flexibility index (Phi) is 4.68. The van der Waals surface area contributed by atoms with Crippen molar-refractivity contribution in [3.8, 4) is 0 Å². The lowest BCUT2D eigenvalue weighted by molar-refractivity contribution is 0.483. The van der Waals surface area contributed by atoms with Gasteiger partial charge in [-0.15, -0.1) is 0 Å². The van der Waals surface area contributed by atoms with Gasteiger partial charge >= 0.3 is 0 Å². The highest BCUT2D eigenvalue weighted by Crippen LogP contribution is 2.07. The molecule has 0 saturated heterocycles. The van der Waals surface area contributed by atoms with Crippen LogP contribution in [0.3, 0.4) is 0 Å². The van der Waals surface area contributed by atoms with Crippen molar-refractivity contribution < 1.29 is 0 Å². The Labute approximate surface area is 87.5 Å². The summed E-state index contributed by atoms with van der Waals surface area (Å²) < 4.78 is 0. The topological polar surface area (TPSA) is 12.0 Å². The van der Waals surface area contributed by atoms with Gasteiger partial charge < -0.3 is 5.32 Å². The molecule has 0 atom stereocenters. The Balaban J connectivity index is 2.49. The van der Waals surface area contributed by atoms with E-state index in [2.05, 4.69) is 50.4 Å². The summed E-state index contributed by atoms with van der Waals surface area (Å²) in [5.74, 6) is 0. The van der Waals surface area contributed by atoms with Crippen molar-refractivity contribution in [2.45, 2.75) is 46.2 Å². The summed E-state index contributed by atoms with van der Waals surface area (Å²) in [4.78, 5) is 0. The zero-order valence-corrected chi connectivity index (χ0v) is 9.51. The molecule has 78 valence electrons. The van der Waals surface area contributed by atoms with Gasteiger partial charge in [-0.2, -0.15) is 0 Å². The van der Waals surface area contributed by atoms with Crippen LogP contribution in [-0.4, -0.2) is 6.04 Å². The second kappa shape index (κ2) is 5.82. The maximum Gasteiger partial charge on any atom is 0.0210 e. The van der Waals surface area contributed by atoms with Gasteiger partial charge in [-0.1, -0.05) is 38.1 Å². The van der Waals surface area contributed by atoms with Gasteiger partial charge in [-0.05, 0) is 30.9 Å². The van der Waals surface area contributed by atoms with Crippen LogP contribution >= 0.6 is 0 Å². The SMILES string of the molecule is CCC(CC)NCc1ccccc1C. The fourth-order valence-electron chi connectivity index (χ4n) is 1.64. The number of rotatable bonds is 5. The lowest BCUT2D eigenvalue weighted by Crippen LogP contribution is -2.27. The quantitative estimate of drug-likeness (QED) is 0.753. The van der Waals surface area contributed by atoms with Crippen molar-refractivity contribution in [2.24, 2.45) is 0 Å². The van der Waals surface area contributed by atoms with E-state index in [0.717, 1.165) is 6.54 Å². The molecule has 0 saturated carbocycles. The smallest absolute Gasteiger partial charge is 0.0210 e. The van der Waals surface area contributed by atoms with Crippen molar-refractivity contribution in [1.29, 1.82) is 0 Å². The zero-order chi connectivity index (χ0) is 10.4. The van der Waals surface area contributed by atoms with E-state index < -0.39 is 0 Å². The minimum atomic E-state index is 0.662. The van der Waals surface area contributed by atoms with Gasteiger partial charge in [0.25, 0.3) is 0 Å². The Bertz CT molecular complexity index is 264. The molecule has 1 N–H and O–H groups in total. The molecular formula is C13H21N. The summed E-state index contributed by atoms with van der Waals surface area (Å²) in [6.07, 6.45) is 2.42. The highest BCUT2D eigenvalue weighted by Gasteiger charge is 2.02. The van der Waals surface area contributed by atoms with Crippen molar-refractivity contribution in [3.63, 3.8) is 0 Å². The third kappa shape index (κ3) is 3.15. The summed E-state index contributed by atoms with van der Waals surface area (Å²) in [7, 11) is 0. The van der Waals surface area contributed by atoms with Crippen molar-refractivity contribution in [3.05, 3.63) is 35.4 Å². The largest absolute Gasteiger partial charge is 0.310 e. The molecule has 0 radical (unpaired) electrons. The molecular weight excluding hydrogens is 170 g/mol.